The van der Waals surface area contributed by atoms with Crippen molar-refractivity contribution in [3.05, 3.63) is 65.7 Å². The second-order valence-corrected chi connectivity index (χ2v) is 7.07. The third-order valence-electron chi connectivity index (χ3n) is 5.56. The molecule has 28 heavy (non-hydrogen) atoms. The van der Waals surface area contributed by atoms with Crippen molar-refractivity contribution in [2.45, 2.75) is 19.8 Å². The highest BCUT2D eigenvalue weighted by atomic mass is 16.5. The first-order valence-corrected chi connectivity index (χ1v) is 9.86. The lowest BCUT2D eigenvalue weighted by Gasteiger charge is -2.25. The Hall–Kier alpha value is -2.82. The normalized spacial score (nSPS) is 18.8. The first-order chi connectivity index (χ1) is 13.6. The summed E-state index contributed by atoms with van der Waals surface area (Å²) >= 11 is 0. The Bertz CT molecular complexity index is 800. The maximum absolute atomic E-state index is 13.2. The molecule has 2 aromatic rings. The molecule has 2 atom stereocenters. The number of ether oxygens (including phenoxy) is 1. The molecule has 0 aliphatic carbocycles. The van der Waals surface area contributed by atoms with Crippen LogP contribution in [-0.2, 0) is 4.79 Å². The van der Waals surface area contributed by atoms with E-state index in [4.69, 9.17) is 4.74 Å². The van der Waals surface area contributed by atoms with Crippen molar-refractivity contribution in [1.82, 2.24) is 9.80 Å². The van der Waals surface area contributed by atoms with Crippen LogP contribution in [-0.4, -0.2) is 54.9 Å². The molecule has 0 N–H and O–H groups in total. The zero-order chi connectivity index (χ0) is 20.1. The molecule has 2 aromatic carbocycles. The second kappa shape index (κ2) is 8.91. The molecule has 5 nitrogen and oxygen atoms in total. The average Bonchev–Trinajstić information content (AvgIpc) is 3.20. The number of likely N-dealkylation sites (tertiary alicyclic amines) is 1. The molecule has 0 spiro atoms. The minimum Gasteiger partial charge on any atom is -0.497 e. The fourth-order valence-electron chi connectivity index (χ4n) is 3.94. The Morgan fingerprint density at radius 3 is 2.21 bits per heavy atom. The van der Waals surface area contributed by atoms with Gasteiger partial charge in [-0.25, -0.2) is 0 Å². The number of nitrogens with zero attached hydrogens (tertiary/aromatic N) is 2. The number of methoxy groups -OCH3 is 1. The minimum absolute atomic E-state index is 0.0195. The predicted molar refractivity (Wildman–Crippen MR) is 109 cm³/mol. The largest absolute Gasteiger partial charge is 0.497 e. The van der Waals surface area contributed by atoms with Gasteiger partial charge in [0.1, 0.15) is 5.75 Å². The van der Waals surface area contributed by atoms with E-state index in [0.29, 0.717) is 31.7 Å². The van der Waals surface area contributed by atoms with E-state index < -0.39 is 0 Å². The van der Waals surface area contributed by atoms with E-state index in [9.17, 15) is 9.59 Å². The van der Waals surface area contributed by atoms with E-state index >= 15 is 0 Å². The summed E-state index contributed by atoms with van der Waals surface area (Å²) in [5.41, 5.74) is 1.72. The summed E-state index contributed by atoms with van der Waals surface area (Å²) < 4.78 is 5.26. The molecule has 1 fully saturated rings. The summed E-state index contributed by atoms with van der Waals surface area (Å²) in [6.45, 7) is 6.32. The fraction of sp³-hybridized carbons (Fsp3) is 0.391. The third-order valence-corrected chi connectivity index (χ3v) is 5.56. The van der Waals surface area contributed by atoms with Gasteiger partial charge in [0.05, 0.1) is 13.0 Å². The summed E-state index contributed by atoms with van der Waals surface area (Å²) in [6, 6.07) is 17.1. The molecule has 2 amide bonds. The number of hydrogen-bond acceptors (Lipinski definition) is 3. The summed E-state index contributed by atoms with van der Waals surface area (Å²) in [6.07, 6.45) is 0. The van der Waals surface area contributed by atoms with Crippen LogP contribution in [0.15, 0.2) is 54.6 Å². The molecule has 0 saturated carbocycles. The molecule has 0 radical (unpaired) electrons. The van der Waals surface area contributed by atoms with Gasteiger partial charge < -0.3 is 14.5 Å². The van der Waals surface area contributed by atoms with Crippen LogP contribution < -0.4 is 4.74 Å². The average molecular weight is 380 g/mol. The lowest BCUT2D eigenvalue weighted by atomic mass is 9.88. The van der Waals surface area contributed by atoms with Crippen molar-refractivity contribution in [3.63, 3.8) is 0 Å². The van der Waals surface area contributed by atoms with Gasteiger partial charge in [-0.2, -0.15) is 0 Å². The van der Waals surface area contributed by atoms with Gasteiger partial charge in [-0.1, -0.05) is 30.3 Å². The van der Waals surface area contributed by atoms with Gasteiger partial charge in [0, 0.05) is 37.7 Å². The predicted octanol–water partition coefficient (Wildman–Crippen LogP) is 3.42. The molecule has 0 bridgehead atoms. The van der Waals surface area contributed by atoms with Crippen LogP contribution in [0.1, 0.15) is 35.7 Å². The Labute approximate surface area is 166 Å². The number of benzene rings is 2. The first-order valence-electron chi connectivity index (χ1n) is 9.86. The summed E-state index contributed by atoms with van der Waals surface area (Å²) in [7, 11) is 1.64. The van der Waals surface area contributed by atoms with E-state index in [1.54, 1.807) is 7.11 Å². The van der Waals surface area contributed by atoms with E-state index in [2.05, 4.69) is 0 Å². The number of hydrogen-bond donors (Lipinski definition) is 0. The standard InChI is InChI=1S/C23H28N2O3/c1-4-24(5-2)23(27)21-16-25(22(26)18-9-7-6-8-10-18)15-20(21)17-11-13-19(28-3)14-12-17/h6-14,20-21H,4-5,15-16H2,1-3H3. The Morgan fingerprint density at radius 2 is 1.64 bits per heavy atom. The van der Waals surface area contributed by atoms with Gasteiger partial charge in [-0.15, -0.1) is 0 Å². The molecule has 148 valence electrons. The van der Waals surface area contributed by atoms with Gasteiger partial charge in [0.25, 0.3) is 5.91 Å². The van der Waals surface area contributed by atoms with Crippen LogP contribution >= 0.6 is 0 Å². The van der Waals surface area contributed by atoms with Crippen molar-refractivity contribution >= 4 is 11.8 Å². The van der Waals surface area contributed by atoms with Gasteiger partial charge in [-0.3, -0.25) is 9.59 Å². The minimum atomic E-state index is -0.235. The molecule has 2 unspecified atom stereocenters. The van der Waals surface area contributed by atoms with Crippen LogP contribution in [0.5, 0.6) is 5.75 Å². The zero-order valence-corrected chi connectivity index (χ0v) is 16.8. The van der Waals surface area contributed by atoms with E-state index in [1.165, 1.54) is 0 Å². The highest BCUT2D eigenvalue weighted by Crippen LogP contribution is 2.35. The van der Waals surface area contributed by atoms with Crippen molar-refractivity contribution in [1.29, 1.82) is 0 Å². The van der Waals surface area contributed by atoms with Crippen LogP contribution in [0.25, 0.3) is 0 Å². The van der Waals surface area contributed by atoms with Crippen molar-refractivity contribution in [2.75, 3.05) is 33.3 Å². The van der Waals surface area contributed by atoms with Gasteiger partial charge in [-0.05, 0) is 43.7 Å². The Morgan fingerprint density at radius 1 is 1.00 bits per heavy atom. The van der Waals surface area contributed by atoms with Gasteiger partial charge in [0.2, 0.25) is 5.91 Å². The Kier molecular flexibility index (Phi) is 6.34. The highest BCUT2D eigenvalue weighted by Gasteiger charge is 2.41. The number of rotatable bonds is 6. The van der Waals surface area contributed by atoms with E-state index in [-0.39, 0.29) is 23.7 Å². The quantitative estimate of drug-likeness (QED) is 0.772. The third kappa shape index (κ3) is 4.03. The van der Waals surface area contributed by atoms with E-state index in [0.717, 1.165) is 11.3 Å². The fourth-order valence-corrected chi connectivity index (χ4v) is 3.94. The molecule has 3 rings (SSSR count). The van der Waals surface area contributed by atoms with Crippen LogP contribution in [0.2, 0.25) is 0 Å². The maximum atomic E-state index is 13.2. The molecule has 0 aromatic heterocycles. The van der Waals surface area contributed by atoms with Crippen molar-refractivity contribution in [3.8, 4) is 5.75 Å². The number of carbonyl (C=O) groups excluding carboxylic acids is 2. The lowest BCUT2D eigenvalue weighted by molar-refractivity contribution is -0.135. The monoisotopic (exact) mass is 380 g/mol. The van der Waals surface area contributed by atoms with E-state index in [1.807, 2.05) is 78.2 Å². The smallest absolute Gasteiger partial charge is 0.253 e. The molecule has 1 heterocycles. The molecule has 1 aliphatic rings. The summed E-state index contributed by atoms with van der Waals surface area (Å²) in [5.74, 6) is 0.626. The Balaban J connectivity index is 1.89. The molecular weight excluding hydrogens is 352 g/mol. The van der Waals surface area contributed by atoms with Gasteiger partial charge in [0.15, 0.2) is 0 Å². The first kappa shape index (κ1) is 19.9. The number of carbonyl (C=O) groups is 2. The molecular formula is C23H28N2O3. The van der Waals surface area contributed by atoms with Crippen molar-refractivity contribution < 1.29 is 14.3 Å². The SMILES string of the molecule is CCN(CC)C(=O)C1CN(C(=O)c2ccccc2)CC1c1ccc(OC)cc1. The van der Waals surface area contributed by atoms with Crippen LogP contribution in [0, 0.1) is 5.92 Å². The summed E-state index contributed by atoms with van der Waals surface area (Å²) in [4.78, 5) is 29.8. The topological polar surface area (TPSA) is 49.9 Å². The molecule has 1 aliphatic heterocycles. The van der Waals surface area contributed by atoms with Crippen LogP contribution in [0.4, 0.5) is 0 Å². The van der Waals surface area contributed by atoms with Crippen LogP contribution in [0.3, 0.4) is 0 Å². The maximum Gasteiger partial charge on any atom is 0.253 e. The number of amides is 2. The zero-order valence-electron chi connectivity index (χ0n) is 16.8. The molecule has 1 saturated heterocycles. The molecule has 5 heteroatoms. The lowest BCUT2D eigenvalue weighted by Crippen LogP contribution is -2.39. The highest BCUT2D eigenvalue weighted by molar-refractivity contribution is 5.95. The van der Waals surface area contributed by atoms with Crippen molar-refractivity contribution in [2.24, 2.45) is 5.92 Å². The van der Waals surface area contributed by atoms with Gasteiger partial charge >= 0.3 is 0 Å². The second-order valence-electron chi connectivity index (χ2n) is 7.07. The summed E-state index contributed by atoms with van der Waals surface area (Å²) in [5, 5.41) is 0.